The second-order valence-electron chi connectivity index (χ2n) is 4.28. The van der Waals surface area contributed by atoms with Crippen molar-refractivity contribution in [3.05, 3.63) is 18.1 Å². The summed E-state index contributed by atoms with van der Waals surface area (Å²) in [5.41, 5.74) is -0.284. The van der Waals surface area contributed by atoms with Crippen molar-refractivity contribution in [3.8, 4) is 0 Å². The van der Waals surface area contributed by atoms with Crippen LogP contribution in [0.1, 0.15) is 24.3 Å². The summed E-state index contributed by atoms with van der Waals surface area (Å²) in [7, 11) is 3.09. The lowest BCUT2D eigenvalue weighted by atomic mass is 10.1. The van der Waals surface area contributed by atoms with Crippen molar-refractivity contribution in [1.82, 2.24) is 9.97 Å². The predicted octanol–water partition coefficient (Wildman–Crippen LogP) is 0.470. The molecule has 0 aliphatic carbocycles. The third-order valence-electron chi connectivity index (χ3n) is 2.67. The van der Waals surface area contributed by atoms with Crippen LogP contribution in [0.4, 0.5) is 5.82 Å². The first kappa shape index (κ1) is 13.4. The summed E-state index contributed by atoms with van der Waals surface area (Å²) in [4.78, 5) is 21.0. The van der Waals surface area contributed by atoms with E-state index in [4.69, 9.17) is 0 Å². The first-order valence-corrected chi connectivity index (χ1v) is 5.17. The molecule has 0 aliphatic heterocycles. The second-order valence-corrected chi connectivity index (χ2v) is 4.28. The van der Waals surface area contributed by atoms with Crippen LogP contribution in [-0.4, -0.2) is 47.3 Å². The van der Waals surface area contributed by atoms with Gasteiger partial charge in [0.15, 0.2) is 5.69 Å². The summed E-state index contributed by atoms with van der Waals surface area (Å²) in [6.45, 7) is 3.75. The Balaban J connectivity index is 2.91. The van der Waals surface area contributed by atoms with Crippen molar-refractivity contribution in [3.63, 3.8) is 0 Å². The van der Waals surface area contributed by atoms with Crippen LogP contribution in [0.25, 0.3) is 0 Å². The van der Waals surface area contributed by atoms with E-state index in [2.05, 4.69) is 14.7 Å². The summed E-state index contributed by atoms with van der Waals surface area (Å²) in [6, 6.07) is 0. The molecule has 0 saturated heterocycles. The van der Waals surface area contributed by atoms with Gasteiger partial charge >= 0.3 is 5.97 Å². The number of methoxy groups -OCH3 is 1. The van der Waals surface area contributed by atoms with Crippen molar-refractivity contribution in [2.24, 2.45) is 0 Å². The van der Waals surface area contributed by atoms with Gasteiger partial charge in [0.25, 0.3) is 0 Å². The quantitative estimate of drug-likeness (QED) is 0.770. The van der Waals surface area contributed by atoms with Gasteiger partial charge in [-0.05, 0) is 13.8 Å². The Morgan fingerprint density at radius 2 is 2.12 bits per heavy atom. The minimum Gasteiger partial charge on any atom is -0.464 e. The summed E-state index contributed by atoms with van der Waals surface area (Å²) in [6.07, 6.45) is 2.83. The highest BCUT2D eigenvalue weighted by Crippen LogP contribution is 2.18. The number of hydrogen-bond acceptors (Lipinski definition) is 6. The molecule has 6 heteroatoms. The molecule has 0 fully saturated rings. The van der Waals surface area contributed by atoms with Crippen LogP contribution in [0.5, 0.6) is 0 Å². The molecule has 0 unspecified atom stereocenters. The number of aliphatic hydroxyl groups is 1. The third kappa shape index (κ3) is 2.91. The van der Waals surface area contributed by atoms with E-state index in [0.717, 1.165) is 0 Å². The molecule has 1 N–H and O–H groups in total. The number of anilines is 1. The van der Waals surface area contributed by atoms with Crippen molar-refractivity contribution >= 4 is 11.8 Å². The van der Waals surface area contributed by atoms with Crippen LogP contribution in [0.15, 0.2) is 12.4 Å². The van der Waals surface area contributed by atoms with Gasteiger partial charge in [-0.15, -0.1) is 0 Å². The maximum absolute atomic E-state index is 11.2. The monoisotopic (exact) mass is 239 g/mol. The maximum atomic E-state index is 11.2. The molecule has 0 aromatic carbocycles. The van der Waals surface area contributed by atoms with E-state index in [-0.39, 0.29) is 12.3 Å². The van der Waals surface area contributed by atoms with E-state index in [0.29, 0.717) is 5.82 Å². The number of hydrogen-bond donors (Lipinski definition) is 1. The van der Waals surface area contributed by atoms with E-state index in [1.807, 2.05) is 13.8 Å². The lowest BCUT2D eigenvalue weighted by molar-refractivity contribution is 0.0593. The van der Waals surface area contributed by atoms with Crippen molar-refractivity contribution < 1.29 is 14.6 Å². The first-order valence-electron chi connectivity index (χ1n) is 5.17. The van der Waals surface area contributed by atoms with Gasteiger partial charge < -0.3 is 14.7 Å². The Labute approximate surface area is 100 Å². The number of aromatic nitrogens is 2. The fourth-order valence-corrected chi connectivity index (χ4v) is 1.12. The Morgan fingerprint density at radius 3 is 2.53 bits per heavy atom. The third-order valence-corrected chi connectivity index (χ3v) is 2.67. The molecular formula is C11H17N3O3. The fraction of sp³-hybridized carbons (Fsp3) is 0.545. The lowest BCUT2D eigenvalue weighted by Crippen LogP contribution is -2.44. The maximum Gasteiger partial charge on any atom is 0.358 e. The van der Waals surface area contributed by atoms with Gasteiger partial charge in [-0.1, -0.05) is 0 Å². The van der Waals surface area contributed by atoms with Gasteiger partial charge in [-0.3, -0.25) is 0 Å². The number of nitrogens with zero attached hydrogens (tertiary/aromatic N) is 3. The Hall–Kier alpha value is -1.69. The first-order chi connectivity index (χ1) is 7.92. The van der Waals surface area contributed by atoms with Crippen molar-refractivity contribution in [2.45, 2.75) is 19.4 Å². The molecule has 1 aromatic heterocycles. The fourth-order valence-electron chi connectivity index (χ4n) is 1.12. The summed E-state index contributed by atoms with van der Waals surface area (Å²) in [5, 5.41) is 9.24. The minimum atomic E-state index is -0.520. The molecule has 0 amide bonds. The zero-order valence-corrected chi connectivity index (χ0v) is 10.5. The van der Waals surface area contributed by atoms with Gasteiger partial charge in [-0.2, -0.15) is 0 Å². The Kier molecular flexibility index (Phi) is 4.01. The second kappa shape index (κ2) is 5.09. The Bertz CT molecular complexity index is 389. The largest absolute Gasteiger partial charge is 0.464 e. The Morgan fingerprint density at radius 1 is 1.47 bits per heavy atom. The normalized spacial score (nSPS) is 11.1. The number of aliphatic hydroxyl groups excluding tert-OH is 1. The van der Waals surface area contributed by atoms with E-state index < -0.39 is 11.5 Å². The van der Waals surface area contributed by atoms with Gasteiger partial charge in [0, 0.05) is 7.05 Å². The van der Waals surface area contributed by atoms with E-state index in [1.54, 1.807) is 11.9 Å². The van der Waals surface area contributed by atoms with Crippen LogP contribution >= 0.6 is 0 Å². The number of carbonyl (C=O) groups excluding carboxylic acids is 1. The molecule has 0 spiro atoms. The van der Waals surface area contributed by atoms with Crippen molar-refractivity contribution in [1.29, 1.82) is 0 Å². The average Bonchev–Trinajstić information content (AvgIpc) is 2.37. The molecule has 0 atom stereocenters. The van der Waals surface area contributed by atoms with E-state index in [1.165, 1.54) is 19.5 Å². The summed E-state index contributed by atoms with van der Waals surface area (Å²) >= 11 is 0. The molecule has 1 rings (SSSR count). The van der Waals surface area contributed by atoms with E-state index in [9.17, 15) is 9.90 Å². The molecule has 94 valence electrons. The number of ether oxygens (including phenoxy) is 1. The van der Waals surface area contributed by atoms with E-state index >= 15 is 0 Å². The average molecular weight is 239 g/mol. The number of likely N-dealkylation sites (N-methyl/N-ethyl adjacent to an activating group) is 1. The van der Waals surface area contributed by atoms with Crippen LogP contribution in [0.3, 0.4) is 0 Å². The topological polar surface area (TPSA) is 75.5 Å². The van der Waals surface area contributed by atoms with Crippen LogP contribution in [0.2, 0.25) is 0 Å². The molecule has 1 aromatic rings. The van der Waals surface area contributed by atoms with Gasteiger partial charge in [-0.25, -0.2) is 14.8 Å². The highest BCUT2D eigenvalue weighted by atomic mass is 16.5. The molecule has 0 aliphatic rings. The van der Waals surface area contributed by atoms with Gasteiger partial charge in [0.1, 0.15) is 5.82 Å². The highest BCUT2D eigenvalue weighted by Gasteiger charge is 2.24. The van der Waals surface area contributed by atoms with Crippen molar-refractivity contribution in [2.75, 3.05) is 25.7 Å². The SMILES string of the molecule is COC(=O)c1cnc(N(C)C(C)(C)CO)cn1. The summed E-state index contributed by atoms with van der Waals surface area (Å²) in [5.74, 6) is 0.0600. The van der Waals surface area contributed by atoms with Gasteiger partial charge in [0.2, 0.25) is 0 Å². The standard InChI is InChI=1S/C11H17N3O3/c1-11(2,7-15)14(3)9-6-12-8(5-13-9)10(16)17-4/h5-6,15H,7H2,1-4H3. The van der Waals surface area contributed by atoms with Crippen LogP contribution < -0.4 is 4.90 Å². The molecule has 1 heterocycles. The summed E-state index contributed by atoms with van der Waals surface area (Å²) < 4.78 is 4.53. The zero-order chi connectivity index (χ0) is 13.1. The molecule has 0 bridgehead atoms. The smallest absolute Gasteiger partial charge is 0.358 e. The van der Waals surface area contributed by atoms with Gasteiger partial charge in [0.05, 0.1) is 31.6 Å². The highest BCUT2D eigenvalue weighted by molar-refractivity contribution is 5.86. The molecule has 0 radical (unpaired) electrons. The molecule has 0 saturated carbocycles. The lowest BCUT2D eigenvalue weighted by Gasteiger charge is -2.34. The predicted molar refractivity (Wildman–Crippen MR) is 62.9 cm³/mol. The zero-order valence-electron chi connectivity index (χ0n) is 10.5. The number of carbonyl (C=O) groups is 1. The van der Waals surface area contributed by atoms with Crippen LogP contribution in [-0.2, 0) is 4.74 Å². The molecule has 17 heavy (non-hydrogen) atoms. The molecule has 6 nitrogen and oxygen atoms in total. The minimum absolute atomic E-state index is 0.00999. The van der Waals surface area contributed by atoms with Crippen LogP contribution in [0, 0.1) is 0 Å². The number of rotatable bonds is 4. The molecular weight excluding hydrogens is 222 g/mol. The number of esters is 1.